The van der Waals surface area contributed by atoms with Gasteiger partial charge in [0.25, 0.3) is 0 Å². The van der Waals surface area contributed by atoms with Crippen LogP contribution in [0.3, 0.4) is 0 Å². The molecule has 1 atom stereocenters. The fraction of sp³-hybridized carbons (Fsp3) is 0.353. The van der Waals surface area contributed by atoms with Crippen molar-refractivity contribution in [2.45, 2.75) is 32.0 Å². The topological polar surface area (TPSA) is 71.3 Å². The Labute approximate surface area is 147 Å². The summed E-state index contributed by atoms with van der Waals surface area (Å²) >= 11 is 0. The number of rotatable bonds is 4. The largest absolute Gasteiger partial charge is 0.417 e. The molecule has 1 aliphatic rings. The quantitative estimate of drug-likeness (QED) is 0.893. The van der Waals surface area contributed by atoms with Gasteiger partial charge in [-0.15, -0.1) is 0 Å². The fourth-order valence-electron chi connectivity index (χ4n) is 2.78. The Kier molecular flexibility index (Phi) is 4.71. The van der Waals surface area contributed by atoms with Gasteiger partial charge in [-0.3, -0.25) is 4.79 Å². The zero-order valence-electron chi connectivity index (χ0n) is 14.0. The summed E-state index contributed by atoms with van der Waals surface area (Å²) in [6.07, 6.45) is -2.36. The molecule has 3 heterocycles. The summed E-state index contributed by atoms with van der Waals surface area (Å²) in [5.41, 5.74) is -0.147. The van der Waals surface area contributed by atoms with E-state index in [1.54, 1.807) is 17.9 Å². The molecular weight excluding hydrogens is 349 g/mol. The number of aromatic nitrogens is 2. The van der Waals surface area contributed by atoms with E-state index in [1.807, 2.05) is 0 Å². The second kappa shape index (κ2) is 6.81. The molecule has 1 aliphatic heterocycles. The number of nitrogens with zero attached hydrogens (tertiary/aromatic N) is 3. The fourth-order valence-corrected chi connectivity index (χ4v) is 2.78. The Morgan fingerprint density at radius 3 is 2.77 bits per heavy atom. The van der Waals surface area contributed by atoms with E-state index < -0.39 is 17.8 Å². The summed E-state index contributed by atoms with van der Waals surface area (Å²) in [4.78, 5) is 18.1. The van der Waals surface area contributed by atoms with Crippen molar-refractivity contribution >= 4 is 23.1 Å². The molecule has 1 saturated heterocycles. The highest BCUT2D eigenvalue weighted by molar-refractivity contribution is 5.96. The van der Waals surface area contributed by atoms with Gasteiger partial charge in [0.2, 0.25) is 5.91 Å². The van der Waals surface area contributed by atoms with Crippen LogP contribution >= 0.6 is 0 Å². The van der Waals surface area contributed by atoms with Gasteiger partial charge in [0.15, 0.2) is 11.6 Å². The summed E-state index contributed by atoms with van der Waals surface area (Å²) in [6, 6.07) is 3.27. The molecule has 0 aromatic carbocycles. The van der Waals surface area contributed by atoms with Crippen LogP contribution in [0.25, 0.3) is 5.57 Å². The van der Waals surface area contributed by atoms with Crippen molar-refractivity contribution in [3.63, 3.8) is 0 Å². The van der Waals surface area contributed by atoms with Crippen molar-refractivity contribution in [2.24, 2.45) is 0 Å². The first-order valence-corrected chi connectivity index (χ1v) is 7.99. The number of carbonyl (C=O) groups is 1. The molecule has 0 unspecified atom stereocenters. The van der Waals surface area contributed by atoms with E-state index in [0.717, 1.165) is 18.7 Å². The van der Waals surface area contributed by atoms with Crippen molar-refractivity contribution in [2.75, 3.05) is 16.8 Å². The van der Waals surface area contributed by atoms with E-state index >= 15 is 0 Å². The Morgan fingerprint density at radius 1 is 1.42 bits per heavy atom. The summed E-state index contributed by atoms with van der Waals surface area (Å²) in [5.74, 6) is 0.748. The lowest BCUT2D eigenvalue weighted by Crippen LogP contribution is -2.40. The van der Waals surface area contributed by atoms with Gasteiger partial charge in [0.05, 0.1) is 5.56 Å². The molecular formula is C17H17F3N4O2. The lowest BCUT2D eigenvalue weighted by molar-refractivity contribution is -0.137. The van der Waals surface area contributed by atoms with E-state index in [4.69, 9.17) is 4.52 Å². The Balaban J connectivity index is 1.72. The Hall–Kier alpha value is -2.84. The molecule has 1 fully saturated rings. The molecule has 138 valence electrons. The minimum Gasteiger partial charge on any atom is -0.354 e. The third kappa shape index (κ3) is 3.71. The zero-order chi connectivity index (χ0) is 18.9. The minimum atomic E-state index is -4.44. The van der Waals surface area contributed by atoms with Crippen molar-refractivity contribution < 1.29 is 22.5 Å². The van der Waals surface area contributed by atoms with Gasteiger partial charge in [-0.1, -0.05) is 11.7 Å². The zero-order valence-corrected chi connectivity index (χ0v) is 14.0. The molecule has 2 aromatic rings. The van der Waals surface area contributed by atoms with E-state index in [0.29, 0.717) is 30.1 Å². The first-order valence-electron chi connectivity index (χ1n) is 7.99. The second-order valence-corrected chi connectivity index (χ2v) is 6.10. The number of pyridine rings is 1. The third-order valence-electron chi connectivity index (χ3n) is 4.11. The highest BCUT2D eigenvalue weighted by atomic mass is 19.4. The Morgan fingerprint density at radius 2 is 2.19 bits per heavy atom. The molecule has 2 aromatic heterocycles. The predicted octanol–water partition coefficient (Wildman–Crippen LogP) is 3.73. The number of halogens is 3. The van der Waals surface area contributed by atoms with Crippen LogP contribution in [0.5, 0.6) is 0 Å². The van der Waals surface area contributed by atoms with E-state index in [1.165, 1.54) is 6.07 Å². The van der Waals surface area contributed by atoms with E-state index in [9.17, 15) is 18.0 Å². The SMILES string of the molecule is C=C(C)c1cc(NC(=O)[C@H]2CCCN2c2ccc(C(F)(F)F)cn2)no1. The number of hydrogen-bond acceptors (Lipinski definition) is 5. The molecule has 0 radical (unpaired) electrons. The first-order chi connectivity index (χ1) is 12.3. The monoisotopic (exact) mass is 366 g/mol. The van der Waals surface area contributed by atoms with Crippen LogP contribution in [-0.2, 0) is 11.0 Å². The smallest absolute Gasteiger partial charge is 0.354 e. The molecule has 9 heteroatoms. The Bertz CT molecular complexity index is 814. The van der Waals surface area contributed by atoms with Gasteiger partial charge in [-0.2, -0.15) is 13.2 Å². The maximum absolute atomic E-state index is 12.7. The maximum Gasteiger partial charge on any atom is 0.417 e. The average Bonchev–Trinajstić information content (AvgIpc) is 3.23. The highest BCUT2D eigenvalue weighted by Gasteiger charge is 2.34. The maximum atomic E-state index is 12.7. The number of anilines is 2. The van der Waals surface area contributed by atoms with Gasteiger partial charge in [-0.05, 0) is 37.5 Å². The summed E-state index contributed by atoms with van der Waals surface area (Å²) in [7, 11) is 0. The number of carbonyl (C=O) groups excluding carboxylic acids is 1. The first kappa shape index (κ1) is 18.0. The summed E-state index contributed by atoms with van der Waals surface area (Å²) in [5, 5.41) is 6.42. The van der Waals surface area contributed by atoms with Gasteiger partial charge in [-0.25, -0.2) is 4.98 Å². The summed E-state index contributed by atoms with van der Waals surface area (Å²) in [6.45, 7) is 6.01. The number of amides is 1. The number of nitrogens with one attached hydrogen (secondary N) is 1. The minimum absolute atomic E-state index is 0.264. The molecule has 0 bridgehead atoms. The van der Waals surface area contributed by atoms with Crippen molar-refractivity contribution in [3.8, 4) is 0 Å². The normalized spacial score (nSPS) is 17.4. The second-order valence-electron chi connectivity index (χ2n) is 6.10. The molecule has 0 spiro atoms. The van der Waals surface area contributed by atoms with Gasteiger partial charge >= 0.3 is 6.18 Å². The van der Waals surface area contributed by atoms with Crippen LogP contribution < -0.4 is 10.2 Å². The van der Waals surface area contributed by atoms with Crippen LogP contribution in [0, 0.1) is 0 Å². The van der Waals surface area contributed by atoms with Gasteiger partial charge in [0, 0.05) is 18.8 Å². The molecule has 6 nitrogen and oxygen atoms in total. The van der Waals surface area contributed by atoms with Crippen molar-refractivity contribution in [1.29, 1.82) is 0 Å². The lowest BCUT2D eigenvalue weighted by atomic mass is 10.2. The number of alkyl halides is 3. The third-order valence-corrected chi connectivity index (χ3v) is 4.11. The molecule has 1 amide bonds. The van der Waals surface area contributed by atoms with Crippen LogP contribution in [0.15, 0.2) is 35.5 Å². The number of allylic oxidation sites excluding steroid dienone is 1. The molecule has 26 heavy (non-hydrogen) atoms. The lowest BCUT2D eigenvalue weighted by Gasteiger charge is -2.24. The molecule has 0 saturated carbocycles. The molecule has 3 rings (SSSR count). The van der Waals surface area contributed by atoms with Crippen molar-refractivity contribution in [1.82, 2.24) is 10.1 Å². The average molecular weight is 366 g/mol. The van der Waals surface area contributed by atoms with Gasteiger partial charge < -0.3 is 14.7 Å². The van der Waals surface area contributed by atoms with Crippen LogP contribution in [0.4, 0.5) is 24.8 Å². The van der Waals surface area contributed by atoms with Gasteiger partial charge in [0.1, 0.15) is 11.9 Å². The summed E-state index contributed by atoms with van der Waals surface area (Å²) < 4.78 is 43.0. The van der Waals surface area contributed by atoms with Crippen LogP contribution in [0.1, 0.15) is 31.1 Å². The number of hydrogen-bond donors (Lipinski definition) is 1. The highest BCUT2D eigenvalue weighted by Crippen LogP contribution is 2.31. The van der Waals surface area contributed by atoms with E-state index in [2.05, 4.69) is 22.0 Å². The molecule has 0 aliphatic carbocycles. The van der Waals surface area contributed by atoms with Crippen LogP contribution in [-0.4, -0.2) is 28.6 Å². The van der Waals surface area contributed by atoms with Crippen LogP contribution in [0.2, 0.25) is 0 Å². The standard InChI is InChI=1S/C17H17F3N4O2/c1-10(2)13-8-14(23-26-13)22-16(25)12-4-3-7-24(12)15-6-5-11(9-21-15)17(18,19)20/h5-6,8-9,12H,1,3-4,7H2,2H3,(H,22,23,25)/t12-/m1/s1. The van der Waals surface area contributed by atoms with E-state index in [-0.39, 0.29) is 11.7 Å². The van der Waals surface area contributed by atoms with Crippen molar-refractivity contribution in [3.05, 3.63) is 42.3 Å². The predicted molar refractivity (Wildman–Crippen MR) is 89.4 cm³/mol. The molecule has 1 N–H and O–H groups in total.